The number of hydrogen-bond acceptors (Lipinski definition) is 6. The molecule has 208 valence electrons. The largest absolute Gasteiger partial charge is 0.504 e. The molecule has 2 saturated heterocycles. The summed E-state index contributed by atoms with van der Waals surface area (Å²) in [5, 5.41) is 11.3. The van der Waals surface area contributed by atoms with Gasteiger partial charge in [0.2, 0.25) is 11.8 Å². The average Bonchev–Trinajstić information content (AvgIpc) is 3.25. The Balaban J connectivity index is 1.55. The van der Waals surface area contributed by atoms with Gasteiger partial charge in [-0.05, 0) is 77.7 Å². The van der Waals surface area contributed by atoms with Gasteiger partial charge in [0.05, 0.1) is 24.6 Å². The lowest BCUT2D eigenvalue weighted by atomic mass is 9.56. The van der Waals surface area contributed by atoms with Crippen molar-refractivity contribution >= 4 is 91.0 Å². The Morgan fingerprint density at radius 1 is 1.05 bits per heavy atom. The molecular weight excluding hydrogens is 738 g/mol. The molecule has 0 spiro atoms. The molecule has 6 rings (SSSR count). The molecule has 2 aliphatic heterocycles. The summed E-state index contributed by atoms with van der Waals surface area (Å²) in [4.78, 5) is 53.1. The summed E-state index contributed by atoms with van der Waals surface area (Å²) < 4.78 is 6.85. The zero-order valence-corrected chi connectivity index (χ0v) is 26.4. The summed E-state index contributed by atoms with van der Waals surface area (Å²) in [6.45, 7) is 0. The smallest absolute Gasteiger partial charge is 0.253 e. The maximum Gasteiger partial charge on any atom is 0.253 e. The fourth-order valence-electron chi connectivity index (χ4n) is 6.90. The normalized spacial score (nSPS) is 33.1. The molecule has 2 aliphatic carbocycles. The fourth-order valence-corrected chi connectivity index (χ4v) is 8.73. The van der Waals surface area contributed by atoms with Crippen molar-refractivity contribution in [3.05, 3.63) is 61.7 Å². The zero-order chi connectivity index (χ0) is 28.9. The van der Waals surface area contributed by atoms with E-state index in [2.05, 4.69) is 38.5 Å². The van der Waals surface area contributed by atoms with E-state index in [0.29, 0.717) is 15.7 Å². The van der Waals surface area contributed by atoms with Gasteiger partial charge in [-0.3, -0.25) is 29.0 Å². The Labute approximate surface area is 261 Å². The fraction of sp³-hybridized carbons (Fsp3) is 0.357. The lowest BCUT2D eigenvalue weighted by molar-refractivity contribution is -0.138. The average molecular weight is 760 g/mol. The van der Waals surface area contributed by atoms with Crippen LogP contribution >= 0.6 is 61.7 Å². The first-order chi connectivity index (χ1) is 18.9. The molecule has 0 aromatic heterocycles. The van der Waals surface area contributed by atoms with Crippen molar-refractivity contribution in [3.8, 4) is 11.5 Å². The monoisotopic (exact) mass is 758 g/mol. The lowest BCUT2D eigenvalue weighted by Gasteiger charge is -2.50. The van der Waals surface area contributed by atoms with Gasteiger partial charge in [-0.15, -0.1) is 23.2 Å². The van der Waals surface area contributed by atoms with Gasteiger partial charge in [0, 0.05) is 26.6 Å². The SMILES string of the molecule is COc1cc(Br)cc([C@H]2C3=CC[C@@H]4C(=O)N(c5ccc(I)cc5)C(=O)[C@@H]4[C@@H]3C[C@@]3(Cl)C(=O)N(C)C(=O)[C@@]23Cl)c1O. The molecule has 12 heteroatoms. The van der Waals surface area contributed by atoms with Crippen molar-refractivity contribution in [2.75, 3.05) is 19.1 Å². The third-order valence-electron chi connectivity index (χ3n) is 8.70. The van der Waals surface area contributed by atoms with Crippen LogP contribution < -0.4 is 9.64 Å². The molecule has 2 aromatic rings. The zero-order valence-electron chi connectivity index (χ0n) is 21.2. The second kappa shape index (κ2) is 9.43. The van der Waals surface area contributed by atoms with Gasteiger partial charge in [-0.2, -0.15) is 0 Å². The molecule has 3 fully saturated rings. The number of hydrogen-bond donors (Lipinski definition) is 1. The van der Waals surface area contributed by atoms with Crippen LogP contribution in [0.2, 0.25) is 0 Å². The predicted octanol–water partition coefficient (Wildman–Crippen LogP) is 4.96. The molecule has 0 bridgehead atoms. The maximum absolute atomic E-state index is 14.0. The number of carbonyl (C=O) groups excluding carboxylic acids is 4. The van der Waals surface area contributed by atoms with Crippen molar-refractivity contribution < 1.29 is 29.0 Å². The lowest BCUT2D eigenvalue weighted by Crippen LogP contribution is -2.60. The van der Waals surface area contributed by atoms with Crippen LogP contribution in [0, 0.1) is 21.3 Å². The van der Waals surface area contributed by atoms with Crippen LogP contribution in [0.15, 0.2) is 52.5 Å². The summed E-state index contributed by atoms with van der Waals surface area (Å²) in [5.41, 5.74) is 1.28. The van der Waals surface area contributed by atoms with E-state index in [4.69, 9.17) is 27.9 Å². The van der Waals surface area contributed by atoms with Gasteiger partial charge in [0.25, 0.3) is 11.8 Å². The number of imide groups is 2. The minimum Gasteiger partial charge on any atom is -0.504 e. The number of ether oxygens (including phenoxy) is 1. The highest BCUT2D eigenvalue weighted by Crippen LogP contribution is 2.66. The minimum atomic E-state index is -2.00. The Morgan fingerprint density at radius 3 is 2.38 bits per heavy atom. The number of allylic oxidation sites excluding steroid dienone is 2. The van der Waals surface area contributed by atoms with E-state index in [1.807, 2.05) is 18.2 Å². The van der Waals surface area contributed by atoms with Crippen molar-refractivity contribution in [2.24, 2.45) is 17.8 Å². The van der Waals surface area contributed by atoms with Crippen molar-refractivity contribution in [3.63, 3.8) is 0 Å². The van der Waals surface area contributed by atoms with Gasteiger partial charge in [0.15, 0.2) is 21.2 Å². The number of phenols is 1. The Bertz CT molecular complexity index is 1550. The highest BCUT2D eigenvalue weighted by atomic mass is 127. The Hall–Kier alpha value is -2.15. The predicted molar refractivity (Wildman–Crippen MR) is 159 cm³/mol. The molecule has 1 saturated carbocycles. The number of fused-ring (bicyclic) bond motifs is 4. The first-order valence-electron chi connectivity index (χ1n) is 12.5. The van der Waals surface area contributed by atoms with Crippen molar-refractivity contribution in [1.29, 1.82) is 0 Å². The number of amides is 4. The number of anilines is 1. The van der Waals surface area contributed by atoms with E-state index in [9.17, 15) is 24.3 Å². The topological polar surface area (TPSA) is 104 Å². The van der Waals surface area contributed by atoms with E-state index in [0.717, 1.165) is 8.47 Å². The summed E-state index contributed by atoms with van der Waals surface area (Å²) in [6, 6.07) is 10.2. The number of halogens is 4. The molecule has 4 aliphatic rings. The number of phenolic OH excluding ortho intramolecular Hbond substituents is 1. The molecule has 2 aromatic carbocycles. The Kier molecular flexibility index (Phi) is 6.60. The molecule has 4 amide bonds. The van der Waals surface area contributed by atoms with Crippen LogP contribution in [0.4, 0.5) is 5.69 Å². The second-order valence-electron chi connectivity index (χ2n) is 10.5. The first-order valence-corrected chi connectivity index (χ1v) is 15.1. The number of carbonyl (C=O) groups is 4. The molecule has 40 heavy (non-hydrogen) atoms. The van der Waals surface area contributed by atoms with E-state index < -0.39 is 51.1 Å². The highest BCUT2D eigenvalue weighted by Gasteiger charge is 2.76. The van der Waals surface area contributed by atoms with Gasteiger partial charge < -0.3 is 9.84 Å². The number of alkyl halides is 2. The summed E-state index contributed by atoms with van der Waals surface area (Å²) in [6.07, 6.45) is 1.93. The summed E-state index contributed by atoms with van der Waals surface area (Å²) >= 11 is 19.9. The maximum atomic E-state index is 14.0. The van der Waals surface area contributed by atoms with Crippen molar-refractivity contribution in [1.82, 2.24) is 4.90 Å². The third kappa shape index (κ3) is 3.54. The van der Waals surface area contributed by atoms with Gasteiger partial charge in [0.1, 0.15) is 0 Å². The Morgan fingerprint density at radius 2 is 1.73 bits per heavy atom. The van der Waals surface area contributed by atoms with Crippen LogP contribution in [0.5, 0.6) is 11.5 Å². The van der Waals surface area contributed by atoms with E-state index in [1.165, 1.54) is 19.1 Å². The number of nitrogens with zero attached hydrogens (tertiary/aromatic N) is 2. The van der Waals surface area contributed by atoms with E-state index in [1.54, 1.807) is 24.3 Å². The number of benzene rings is 2. The molecule has 0 radical (unpaired) electrons. The van der Waals surface area contributed by atoms with Gasteiger partial charge in [-0.1, -0.05) is 27.6 Å². The van der Waals surface area contributed by atoms with Crippen molar-refractivity contribution in [2.45, 2.75) is 28.5 Å². The molecule has 0 unspecified atom stereocenters. The number of likely N-dealkylation sites (tertiary alicyclic amines) is 1. The quantitative estimate of drug-likeness (QED) is 0.206. The van der Waals surface area contributed by atoms with Crippen LogP contribution in [-0.2, 0) is 19.2 Å². The van der Waals surface area contributed by atoms with Crippen LogP contribution in [0.1, 0.15) is 24.3 Å². The van der Waals surface area contributed by atoms with Gasteiger partial charge >= 0.3 is 0 Å². The minimum absolute atomic E-state index is 0.123. The second-order valence-corrected chi connectivity index (χ2v) is 13.9. The molecule has 6 atom stereocenters. The van der Waals surface area contributed by atoms with Crippen LogP contribution in [0.3, 0.4) is 0 Å². The molecular formula is C28H22BrCl2IN2O6. The number of methoxy groups -OCH3 is 1. The summed E-state index contributed by atoms with van der Waals surface area (Å²) in [7, 11) is 2.71. The number of rotatable bonds is 3. The summed E-state index contributed by atoms with van der Waals surface area (Å²) in [5.74, 6) is -5.51. The standard InChI is InChI=1S/C28H22BrCl2IN2O6/c1-33-25(38)27(30)11-18-15(21(28(27,31)26(33)39)17-9-12(29)10-19(40-2)22(17)35)7-8-16-20(18)24(37)34(23(16)36)14-5-3-13(32)4-6-14/h3-7,9-10,16,18,20-21,35H,8,11H2,1-2H3/t16-,18+,20-,21+,27+,28-/m0/s1. The van der Waals surface area contributed by atoms with E-state index in [-0.39, 0.29) is 35.8 Å². The molecule has 2 heterocycles. The van der Waals surface area contributed by atoms with Crippen LogP contribution in [-0.4, -0.2) is 57.5 Å². The van der Waals surface area contributed by atoms with Gasteiger partial charge in [-0.25, -0.2) is 0 Å². The highest BCUT2D eigenvalue weighted by molar-refractivity contribution is 14.1. The third-order valence-corrected chi connectivity index (χ3v) is 11.3. The molecule has 8 nitrogen and oxygen atoms in total. The first kappa shape index (κ1) is 28.0. The molecule has 1 N–H and O–H groups in total. The number of aromatic hydroxyl groups is 1. The van der Waals surface area contributed by atoms with E-state index >= 15 is 0 Å². The van der Waals surface area contributed by atoms with Crippen LogP contribution in [0.25, 0.3) is 0 Å².